The van der Waals surface area contributed by atoms with E-state index in [1.165, 1.54) is 25.3 Å². The first-order valence-electron chi connectivity index (χ1n) is 13.4. The van der Waals surface area contributed by atoms with E-state index in [9.17, 15) is 14.3 Å². The van der Waals surface area contributed by atoms with Crippen molar-refractivity contribution in [2.75, 3.05) is 38.0 Å². The number of nitrogens with one attached hydrogen (secondary N) is 2. The second-order valence-corrected chi connectivity index (χ2v) is 10.9. The molecule has 0 aliphatic carbocycles. The van der Waals surface area contributed by atoms with E-state index in [0.29, 0.717) is 33.0 Å². The number of rotatable bonds is 5. The van der Waals surface area contributed by atoms with Gasteiger partial charge in [-0.1, -0.05) is 30.2 Å². The zero-order valence-corrected chi connectivity index (χ0v) is 22.2. The number of aromatic amines is 1. The van der Waals surface area contributed by atoms with Crippen molar-refractivity contribution in [3.8, 4) is 11.1 Å². The number of hydrogen-bond acceptors (Lipinski definition) is 4. The number of carbonyl (C=O) groups excluding carboxylic acids is 1. The first-order chi connectivity index (χ1) is 18.4. The number of hydrogen-bond donors (Lipinski definition) is 3. The zero-order chi connectivity index (χ0) is 26.4. The highest BCUT2D eigenvalue weighted by atomic mass is 35.5. The average molecular weight is 535 g/mol. The maximum Gasteiger partial charge on any atom is 0.256 e. The van der Waals surface area contributed by atoms with Crippen molar-refractivity contribution in [1.82, 2.24) is 14.8 Å². The average Bonchev–Trinajstić information content (AvgIpc) is 3.40. The Hall–Kier alpha value is -2.97. The van der Waals surface area contributed by atoms with Crippen molar-refractivity contribution in [2.45, 2.75) is 38.8 Å². The molecule has 6 nitrogen and oxygen atoms in total. The minimum atomic E-state index is -0.685. The van der Waals surface area contributed by atoms with Crippen molar-refractivity contribution in [1.29, 1.82) is 0 Å². The molecule has 38 heavy (non-hydrogen) atoms. The number of benzene rings is 2. The zero-order valence-electron chi connectivity index (χ0n) is 21.5. The first-order valence-corrected chi connectivity index (χ1v) is 13.8. The Kier molecular flexibility index (Phi) is 6.86. The number of amides is 1. The molecular formula is C30H32ClFN4O2. The van der Waals surface area contributed by atoms with Gasteiger partial charge in [-0.25, -0.2) is 4.39 Å². The molecule has 1 unspecified atom stereocenters. The van der Waals surface area contributed by atoms with Crippen LogP contribution in [0.5, 0.6) is 0 Å². The Bertz CT molecular complexity index is 1430. The number of likely N-dealkylation sites (tertiary alicyclic amines) is 1. The minimum Gasteiger partial charge on any atom is -0.374 e. The lowest BCUT2D eigenvalue weighted by atomic mass is 9.93. The van der Waals surface area contributed by atoms with E-state index in [1.54, 1.807) is 18.2 Å². The number of nitrogens with zero attached hydrogens (tertiary/aromatic N) is 2. The van der Waals surface area contributed by atoms with Crippen molar-refractivity contribution >= 4 is 34.8 Å². The van der Waals surface area contributed by atoms with Gasteiger partial charge in [0.15, 0.2) is 0 Å². The molecule has 3 aromatic rings. The van der Waals surface area contributed by atoms with E-state index < -0.39 is 12.0 Å². The monoisotopic (exact) mass is 534 g/mol. The lowest BCUT2D eigenvalue weighted by molar-refractivity contribution is -0.110. The second-order valence-electron chi connectivity index (χ2n) is 10.5. The Morgan fingerprint density at radius 2 is 1.92 bits per heavy atom. The normalized spacial score (nSPS) is 21.0. The molecule has 2 aromatic carbocycles. The largest absolute Gasteiger partial charge is 0.374 e. The molecule has 1 atom stereocenters. The van der Waals surface area contributed by atoms with E-state index in [4.69, 9.17) is 11.6 Å². The highest BCUT2D eigenvalue weighted by molar-refractivity contribution is 6.36. The molecule has 0 spiro atoms. The Morgan fingerprint density at radius 1 is 1.11 bits per heavy atom. The van der Waals surface area contributed by atoms with Crippen LogP contribution < -0.4 is 5.32 Å². The number of aliphatic hydroxyl groups excluding tert-OH is 1. The summed E-state index contributed by atoms with van der Waals surface area (Å²) in [4.78, 5) is 21.2. The molecule has 6 rings (SSSR count). The molecule has 3 N–H and O–H groups in total. The van der Waals surface area contributed by atoms with Gasteiger partial charge in [-0.05, 0) is 74.3 Å². The molecule has 1 amide bonds. The van der Waals surface area contributed by atoms with Crippen molar-refractivity contribution in [3.63, 3.8) is 0 Å². The summed E-state index contributed by atoms with van der Waals surface area (Å²) < 4.78 is 14.9. The van der Waals surface area contributed by atoms with Crippen LogP contribution in [0, 0.1) is 12.7 Å². The molecule has 0 bridgehead atoms. The van der Waals surface area contributed by atoms with Crippen molar-refractivity contribution in [3.05, 3.63) is 75.3 Å². The molecule has 3 aliphatic rings. The van der Waals surface area contributed by atoms with Gasteiger partial charge in [0.05, 0.1) is 5.57 Å². The predicted molar refractivity (Wildman–Crippen MR) is 149 cm³/mol. The summed E-state index contributed by atoms with van der Waals surface area (Å²) in [7, 11) is 0. The number of aromatic nitrogens is 1. The minimum absolute atomic E-state index is 0.238. The van der Waals surface area contributed by atoms with Gasteiger partial charge in [-0.3, -0.25) is 9.69 Å². The Labute approximate surface area is 227 Å². The summed E-state index contributed by atoms with van der Waals surface area (Å²) in [6, 6.07) is 10.0. The number of fused-ring (bicyclic) bond motifs is 2. The van der Waals surface area contributed by atoms with Gasteiger partial charge in [0.25, 0.3) is 5.91 Å². The summed E-state index contributed by atoms with van der Waals surface area (Å²) in [5, 5.41) is 14.5. The summed E-state index contributed by atoms with van der Waals surface area (Å²) in [5.74, 6) is -0.679. The Balaban J connectivity index is 1.32. The fourth-order valence-corrected chi connectivity index (χ4v) is 6.26. The van der Waals surface area contributed by atoms with Gasteiger partial charge in [-0.2, -0.15) is 0 Å². The van der Waals surface area contributed by atoms with Crippen molar-refractivity contribution in [2.24, 2.45) is 0 Å². The third kappa shape index (κ3) is 4.58. The number of piperidine rings is 1. The standard InChI is InChI=1S/C30H32ClFN4O2/c1-18-26(33-25-10-13-36(30(38)27(18)25)15-14-35-11-3-2-4-12-35)17-22-28-21(6-5-7-24(28)34-29(22)37)20-9-8-19(31)16-23(20)32/h5-9,16-17,30,33,38H,2-4,10-15H2,1H3,(H,34,37)/b22-17-. The van der Waals surface area contributed by atoms with E-state index in [1.807, 2.05) is 25.1 Å². The van der Waals surface area contributed by atoms with E-state index >= 15 is 0 Å². The fourth-order valence-electron chi connectivity index (χ4n) is 6.10. The van der Waals surface area contributed by atoms with Crippen LogP contribution in [-0.4, -0.2) is 58.5 Å². The maximum absolute atomic E-state index is 14.9. The van der Waals surface area contributed by atoms with E-state index in [-0.39, 0.29) is 5.91 Å². The van der Waals surface area contributed by atoms with Crippen LogP contribution in [0.15, 0.2) is 36.4 Å². The Morgan fingerprint density at radius 3 is 2.71 bits per heavy atom. The molecule has 0 radical (unpaired) electrons. The highest BCUT2D eigenvalue weighted by Gasteiger charge is 2.32. The van der Waals surface area contributed by atoms with Gasteiger partial charge in [0.1, 0.15) is 12.0 Å². The van der Waals surface area contributed by atoms with Gasteiger partial charge < -0.3 is 20.3 Å². The lowest BCUT2D eigenvalue weighted by Gasteiger charge is -2.35. The summed E-state index contributed by atoms with van der Waals surface area (Å²) in [6.07, 6.45) is 5.77. The van der Waals surface area contributed by atoms with Crippen LogP contribution in [0.25, 0.3) is 22.8 Å². The van der Waals surface area contributed by atoms with Gasteiger partial charge in [-0.15, -0.1) is 0 Å². The molecule has 198 valence electrons. The van der Waals surface area contributed by atoms with Gasteiger partial charge in [0, 0.05) is 64.8 Å². The van der Waals surface area contributed by atoms with Crippen LogP contribution in [-0.2, 0) is 11.2 Å². The van der Waals surface area contributed by atoms with Crippen LogP contribution in [0.2, 0.25) is 5.02 Å². The molecule has 8 heteroatoms. The van der Waals surface area contributed by atoms with E-state index in [0.717, 1.165) is 61.7 Å². The topological polar surface area (TPSA) is 71.6 Å². The van der Waals surface area contributed by atoms with Gasteiger partial charge in [0.2, 0.25) is 0 Å². The smallest absolute Gasteiger partial charge is 0.256 e. The number of aliphatic hydroxyl groups is 1. The van der Waals surface area contributed by atoms with Crippen LogP contribution in [0.3, 0.4) is 0 Å². The molecule has 4 heterocycles. The molecule has 0 saturated carbocycles. The molecule has 1 saturated heterocycles. The van der Waals surface area contributed by atoms with Crippen molar-refractivity contribution < 1.29 is 14.3 Å². The fraction of sp³-hybridized carbons (Fsp3) is 0.367. The third-order valence-corrected chi connectivity index (χ3v) is 8.40. The first kappa shape index (κ1) is 25.3. The summed E-state index contributed by atoms with van der Waals surface area (Å²) in [5.41, 5.74) is 6.40. The molecule has 1 aromatic heterocycles. The summed E-state index contributed by atoms with van der Waals surface area (Å²) >= 11 is 5.98. The number of H-pyrrole nitrogens is 1. The predicted octanol–water partition coefficient (Wildman–Crippen LogP) is 5.61. The third-order valence-electron chi connectivity index (χ3n) is 8.16. The second kappa shape index (κ2) is 10.3. The van der Waals surface area contributed by atoms with Gasteiger partial charge >= 0.3 is 0 Å². The quantitative estimate of drug-likeness (QED) is 0.372. The number of anilines is 1. The molecular weight excluding hydrogens is 503 g/mol. The van der Waals surface area contributed by atoms with E-state index in [2.05, 4.69) is 20.1 Å². The summed E-state index contributed by atoms with van der Waals surface area (Å²) in [6.45, 7) is 6.84. The number of halogens is 2. The molecule has 1 fully saturated rings. The lowest BCUT2D eigenvalue weighted by Crippen LogP contribution is -2.42. The molecule has 3 aliphatic heterocycles. The van der Waals surface area contributed by atoms with Crippen LogP contribution >= 0.6 is 11.6 Å². The number of carbonyl (C=O) groups is 1. The van der Waals surface area contributed by atoms with Crippen LogP contribution in [0.1, 0.15) is 53.6 Å². The highest BCUT2D eigenvalue weighted by Crippen LogP contribution is 2.42. The SMILES string of the molecule is Cc1c(/C=C2\C(=O)Nc3cccc(-c4ccc(Cl)cc4F)c32)[nH]c2c1C(O)N(CCN1CCCCC1)CC2. The maximum atomic E-state index is 14.9. The van der Waals surface area contributed by atoms with Crippen LogP contribution in [0.4, 0.5) is 10.1 Å².